The third-order valence-corrected chi connectivity index (χ3v) is 1.10. The van der Waals surface area contributed by atoms with E-state index in [9.17, 15) is 4.79 Å². The average Bonchev–Trinajstić information content (AvgIpc) is 1.98. The first-order valence-corrected chi connectivity index (χ1v) is 3.59. The highest BCUT2D eigenvalue weighted by molar-refractivity contribution is 5.75. The van der Waals surface area contributed by atoms with Crippen molar-refractivity contribution in [3.8, 4) is 0 Å². The maximum absolute atomic E-state index is 10.6. The predicted molar refractivity (Wildman–Crippen MR) is 53.3 cm³/mol. The summed E-state index contributed by atoms with van der Waals surface area (Å²) in [6.07, 6.45) is 1.48. The molecule has 1 amide bonds. The van der Waals surface area contributed by atoms with Crippen LogP contribution >= 0.6 is 0 Å². The maximum atomic E-state index is 10.6. The Labute approximate surface area is 76.5 Å². The van der Waals surface area contributed by atoms with Gasteiger partial charge in [0, 0.05) is 20.1 Å². The summed E-state index contributed by atoms with van der Waals surface area (Å²) in [5.41, 5.74) is 0. The molecule has 0 saturated heterocycles. The molecule has 0 rings (SSSR count). The van der Waals surface area contributed by atoms with Crippen LogP contribution in [0.5, 0.6) is 0 Å². The van der Waals surface area contributed by atoms with Crippen molar-refractivity contribution in [2.45, 2.75) is 34.6 Å². The molecule has 0 aromatic carbocycles. The summed E-state index contributed by atoms with van der Waals surface area (Å²) in [4.78, 5) is 10.6. The van der Waals surface area contributed by atoms with Gasteiger partial charge in [-0.05, 0) is 6.42 Å². The molecule has 0 aromatic rings. The number of rotatable bonds is 5. The Morgan fingerprint density at radius 3 is 2.33 bits per heavy atom. The van der Waals surface area contributed by atoms with Gasteiger partial charge < -0.3 is 10.1 Å². The molecule has 0 heterocycles. The number of carbonyl (C=O) groups excluding carboxylic acids is 1. The van der Waals surface area contributed by atoms with E-state index >= 15 is 0 Å². The molecule has 0 aliphatic carbocycles. The molecule has 0 spiro atoms. The first-order valence-electron chi connectivity index (χ1n) is 3.59. The minimum absolute atomic E-state index is 0. The van der Waals surface area contributed by atoms with E-state index in [1.807, 2.05) is 6.92 Å². The van der Waals surface area contributed by atoms with Crippen molar-refractivity contribution >= 4 is 5.91 Å². The van der Waals surface area contributed by atoms with E-state index in [-0.39, 0.29) is 20.8 Å². The molecule has 12 heavy (non-hydrogen) atoms. The first kappa shape index (κ1) is 17.5. The monoisotopic (exact) mass is 177 g/mol. The third kappa shape index (κ3) is 12.1. The second-order valence-corrected chi connectivity index (χ2v) is 2.04. The summed E-state index contributed by atoms with van der Waals surface area (Å²) in [7, 11) is 1.63. The number of hydrogen-bond acceptors (Lipinski definition) is 2. The van der Waals surface area contributed by atoms with Crippen LogP contribution in [0, 0.1) is 0 Å². The predicted octanol–water partition coefficient (Wildman–Crippen LogP) is 1.82. The van der Waals surface area contributed by atoms with Crippen molar-refractivity contribution in [1.82, 2.24) is 5.32 Å². The Bertz CT molecular complexity index is 94.5. The van der Waals surface area contributed by atoms with E-state index in [2.05, 4.69) is 5.32 Å². The van der Waals surface area contributed by atoms with Crippen molar-refractivity contribution in [1.29, 1.82) is 0 Å². The highest BCUT2D eigenvalue weighted by Crippen LogP contribution is 1.84. The van der Waals surface area contributed by atoms with Crippen LogP contribution < -0.4 is 5.32 Å². The van der Waals surface area contributed by atoms with Gasteiger partial charge in [0.2, 0.25) is 5.91 Å². The quantitative estimate of drug-likeness (QED) is 0.650. The summed E-state index contributed by atoms with van der Waals surface area (Å²) in [6, 6.07) is 0. The Hall–Kier alpha value is -0.570. The fourth-order valence-corrected chi connectivity index (χ4v) is 0.536. The zero-order chi connectivity index (χ0) is 7.82. The lowest BCUT2D eigenvalue weighted by Gasteiger charge is -2.00. The molecule has 0 aliphatic rings. The lowest BCUT2D eigenvalue weighted by atomic mass is 10.4. The molecular weight excluding hydrogens is 154 g/mol. The summed E-state index contributed by atoms with van der Waals surface area (Å²) in [5, 5.41) is 2.52. The molecular formula is C9H23NO2. The number of ether oxygens (including phenoxy) is 1. The molecule has 0 atom stereocenters. The van der Waals surface area contributed by atoms with Gasteiger partial charge in [0.05, 0.1) is 6.61 Å². The van der Waals surface area contributed by atoms with E-state index < -0.39 is 0 Å². The number of carbonyl (C=O) groups is 1. The lowest BCUT2D eigenvalue weighted by molar-refractivity contribution is -0.121. The van der Waals surface area contributed by atoms with Crippen LogP contribution in [0.15, 0.2) is 0 Å². The van der Waals surface area contributed by atoms with Crippen LogP contribution in [-0.2, 0) is 9.53 Å². The van der Waals surface area contributed by atoms with Gasteiger partial charge in [-0.1, -0.05) is 21.8 Å². The summed E-state index contributed by atoms with van der Waals surface area (Å²) in [5.74, 6) is 0.0381. The Balaban J connectivity index is -0.000000405. The smallest absolute Gasteiger partial charge is 0.222 e. The molecule has 0 aliphatic heterocycles. The summed E-state index contributed by atoms with van der Waals surface area (Å²) >= 11 is 0. The van der Waals surface area contributed by atoms with Gasteiger partial charge >= 0.3 is 0 Å². The Morgan fingerprint density at radius 1 is 1.33 bits per heavy atom. The van der Waals surface area contributed by atoms with Crippen molar-refractivity contribution in [3.63, 3.8) is 0 Å². The topological polar surface area (TPSA) is 38.3 Å². The van der Waals surface area contributed by atoms with Crippen LogP contribution in [-0.4, -0.2) is 26.2 Å². The fraction of sp³-hybridized carbons (Fsp3) is 0.889. The molecule has 3 nitrogen and oxygen atoms in total. The van der Waals surface area contributed by atoms with Crippen molar-refractivity contribution in [2.75, 3.05) is 20.3 Å². The van der Waals surface area contributed by atoms with Crippen LogP contribution in [0.25, 0.3) is 0 Å². The van der Waals surface area contributed by atoms with Gasteiger partial charge in [0.1, 0.15) is 0 Å². The molecule has 0 unspecified atom stereocenters. The Morgan fingerprint density at radius 2 is 1.92 bits per heavy atom. The Kier molecular flexibility index (Phi) is 19.0. The molecule has 0 fully saturated rings. The van der Waals surface area contributed by atoms with Gasteiger partial charge in [0.15, 0.2) is 0 Å². The third-order valence-electron chi connectivity index (χ3n) is 1.10. The SMILES string of the molecule is C.C.CCCOCCC(=O)NC. The number of nitrogens with one attached hydrogen (secondary N) is 1. The molecule has 0 radical (unpaired) electrons. The molecule has 0 saturated carbocycles. The summed E-state index contributed by atoms with van der Waals surface area (Å²) < 4.78 is 5.09. The maximum Gasteiger partial charge on any atom is 0.222 e. The molecule has 0 aromatic heterocycles. The largest absolute Gasteiger partial charge is 0.381 e. The number of amides is 1. The van der Waals surface area contributed by atoms with Gasteiger partial charge in [-0.2, -0.15) is 0 Å². The normalized spacial score (nSPS) is 7.83. The first-order chi connectivity index (χ1) is 4.81. The van der Waals surface area contributed by atoms with Gasteiger partial charge in [-0.25, -0.2) is 0 Å². The van der Waals surface area contributed by atoms with E-state index in [4.69, 9.17) is 4.74 Å². The van der Waals surface area contributed by atoms with E-state index in [0.29, 0.717) is 13.0 Å². The van der Waals surface area contributed by atoms with Crippen molar-refractivity contribution < 1.29 is 9.53 Å². The molecule has 76 valence electrons. The van der Waals surface area contributed by atoms with Crippen molar-refractivity contribution in [3.05, 3.63) is 0 Å². The van der Waals surface area contributed by atoms with Crippen LogP contribution in [0.3, 0.4) is 0 Å². The molecule has 3 heteroatoms. The second kappa shape index (κ2) is 13.1. The van der Waals surface area contributed by atoms with E-state index in [0.717, 1.165) is 13.0 Å². The zero-order valence-electron chi connectivity index (χ0n) is 6.64. The van der Waals surface area contributed by atoms with Crippen LogP contribution in [0.2, 0.25) is 0 Å². The fourth-order valence-electron chi connectivity index (χ4n) is 0.536. The van der Waals surface area contributed by atoms with Gasteiger partial charge in [-0.3, -0.25) is 4.79 Å². The van der Waals surface area contributed by atoms with E-state index in [1.165, 1.54) is 0 Å². The molecule has 0 bridgehead atoms. The minimum Gasteiger partial charge on any atom is -0.381 e. The van der Waals surface area contributed by atoms with Gasteiger partial charge in [-0.15, -0.1) is 0 Å². The second-order valence-electron chi connectivity index (χ2n) is 2.04. The standard InChI is InChI=1S/C7H15NO2.2CH4/c1-3-5-10-6-4-7(9)8-2;;/h3-6H2,1-2H3,(H,8,9);2*1H4. The highest BCUT2D eigenvalue weighted by Gasteiger charge is 1.95. The van der Waals surface area contributed by atoms with Gasteiger partial charge in [0.25, 0.3) is 0 Å². The molecule has 1 N–H and O–H groups in total. The lowest BCUT2D eigenvalue weighted by Crippen LogP contribution is -2.19. The highest BCUT2D eigenvalue weighted by atomic mass is 16.5. The van der Waals surface area contributed by atoms with Crippen LogP contribution in [0.1, 0.15) is 34.6 Å². The van der Waals surface area contributed by atoms with Crippen LogP contribution in [0.4, 0.5) is 0 Å². The average molecular weight is 177 g/mol. The van der Waals surface area contributed by atoms with E-state index in [1.54, 1.807) is 7.05 Å². The zero-order valence-corrected chi connectivity index (χ0v) is 6.64. The van der Waals surface area contributed by atoms with Crippen molar-refractivity contribution in [2.24, 2.45) is 0 Å². The minimum atomic E-state index is 0. The number of hydrogen-bond donors (Lipinski definition) is 1. The summed E-state index contributed by atoms with van der Waals surface area (Å²) in [6.45, 7) is 3.32.